The molecule has 0 radical (unpaired) electrons. The molecular weight excluding hydrogens is 461 g/mol. The van der Waals surface area contributed by atoms with Crippen LogP contribution in [0.25, 0.3) is 0 Å². The van der Waals surface area contributed by atoms with Gasteiger partial charge in [-0.25, -0.2) is 0 Å². The lowest BCUT2D eigenvalue weighted by atomic mass is 9.74. The molecule has 6 heteroatoms. The van der Waals surface area contributed by atoms with Crippen molar-refractivity contribution in [2.24, 2.45) is 4.99 Å². The predicted octanol–water partition coefficient (Wildman–Crippen LogP) is 4.70. The second-order valence-corrected chi connectivity index (χ2v) is 7.23. The van der Waals surface area contributed by atoms with Gasteiger partial charge in [-0.3, -0.25) is 4.99 Å². The lowest BCUT2D eigenvalue weighted by Crippen LogP contribution is -2.42. The highest BCUT2D eigenvalue weighted by Gasteiger charge is 2.36. The van der Waals surface area contributed by atoms with Gasteiger partial charge in [0.1, 0.15) is 0 Å². The molecule has 0 aliphatic carbocycles. The first kappa shape index (κ1) is 23.5. The zero-order valence-electron chi connectivity index (χ0n) is 16.3. The average molecular weight is 494 g/mol. The van der Waals surface area contributed by atoms with Gasteiger partial charge in [-0.1, -0.05) is 43.1 Å². The Morgan fingerprint density at radius 1 is 1.27 bits per heavy atom. The number of nitrogens with one attached hydrogen (secondary N) is 1. The van der Waals surface area contributed by atoms with Crippen molar-refractivity contribution in [1.82, 2.24) is 10.2 Å². The van der Waals surface area contributed by atoms with E-state index in [0.29, 0.717) is 0 Å². The van der Waals surface area contributed by atoms with Crippen molar-refractivity contribution in [3.63, 3.8) is 0 Å². The number of aliphatic imine (C=N–C) groups is 1. The third kappa shape index (κ3) is 6.27. The Morgan fingerprint density at radius 3 is 2.58 bits per heavy atom. The molecule has 1 N–H and O–H groups in total. The Hall–Kier alpha value is -0.530. The number of guanidine groups is 1. The van der Waals surface area contributed by atoms with E-state index in [9.17, 15) is 0 Å². The Kier molecular flexibility index (Phi) is 10.9. The Bertz CT molecular complexity index is 562. The van der Waals surface area contributed by atoms with Gasteiger partial charge in [0.2, 0.25) is 0 Å². The van der Waals surface area contributed by atoms with Gasteiger partial charge < -0.3 is 15.0 Å². The number of hydrogen-bond acceptors (Lipinski definition) is 2. The Balaban J connectivity index is 0.00000338. The van der Waals surface area contributed by atoms with Crippen LogP contribution in [0.1, 0.15) is 45.1 Å². The molecule has 0 unspecified atom stereocenters. The van der Waals surface area contributed by atoms with Gasteiger partial charge in [0.25, 0.3) is 0 Å². The summed E-state index contributed by atoms with van der Waals surface area (Å²) in [5.74, 6) is 0.980. The maximum Gasteiger partial charge on any atom is 0.193 e. The molecule has 1 heterocycles. The minimum atomic E-state index is -0.0388. The van der Waals surface area contributed by atoms with Crippen molar-refractivity contribution in [3.05, 3.63) is 34.9 Å². The minimum Gasteiger partial charge on any atom is -0.381 e. The first-order valence-electron chi connectivity index (χ1n) is 9.45. The molecule has 148 valence electrons. The highest BCUT2D eigenvalue weighted by atomic mass is 127. The normalized spacial score (nSPS) is 16.7. The topological polar surface area (TPSA) is 36.9 Å². The standard InChI is InChI=1S/C20H32ClN3O.HI/c1-4-6-13-24(3)19(22-5-2)23-16-20(11-14-25-15-12-20)17-9-7-8-10-18(17)21;/h7-10H,4-6,11-16H2,1-3H3,(H,22,23);1H. The molecule has 1 aliphatic heterocycles. The first-order valence-corrected chi connectivity index (χ1v) is 9.83. The number of halogens is 2. The highest BCUT2D eigenvalue weighted by Crippen LogP contribution is 2.38. The van der Waals surface area contributed by atoms with Crippen molar-refractivity contribution in [3.8, 4) is 0 Å². The Labute approximate surface area is 180 Å². The van der Waals surface area contributed by atoms with Gasteiger partial charge in [0, 0.05) is 43.8 Å². The molecule has 1 saturated heterocycles. The van der Waals surface area contributed by atoms with Crippen molar-refractivity contribution in [2.75, 3.05) is 39.9 Å². The monoisotopic (exact) mass is 493 g/mol. The molecule has 0 bridgehead atoms. The van der Waals surface area contributed by atoms with E-state index in [2.05, 4.69) is 43.2 Å². The first-order chi connectivity index (χ1) is 12.1. The quantitative estimate of drug-likeness (QED) is 0.340. The molecular formula is C20H33ClIN3O. The smallest absolute Gasteiger partial charge is 0.193 e. The number of nitrogens with zero attached hydrogens (tertiary/aromatic N) is 2. The summed E-state index contributed by atoms with van der Waals surface area (Å²) in [5.41, 5.74) is 1.17. The van der Waals surface area contributed by atoms with Crippen molar-refractivity contribution in [2.45, 2.75) is 44.9 Å². The van der Waals surface area contributed by atoms with E-state index in [1.165, 1.54) is 18.4 Å². The molecule has 0 amide bonds. The number of benzene rings is 1. The third-order valence-corrected chi connectivity index (χ3v) is 5.30. The van der Waals surface area contributed by atoms with Gasteiger partial charge >= 0.3 is 0 Å². The van der Waals surface area contributed by atoms with Crippen molar-refractivity contribution >= 4 is 41.5 Å². The molecule has 1 aromatic carbocycles. The number of unbranched alkanes of at least 4 members (excludes halogenated alkanes) is 1. The maximum atomic E-state index is 6.54. The molecule has 1 aromatic rings. The maximum absolute atomic E-state index is 6.54. The van der Waals surface area contributed by atoms with Gasteiger partial charge in [0.05, 0.1) is 6.54 Å². The molecule has 0 aromatic heterocycles. The van der Waals surface area contributed by atoms with Crippen LogP contribution in [-0.2, 0) is 10.2 Å². The van der Waals surface area contributed by atoms with E-state index >= 15 is 0 Å². The zero-order valence-corrected chi connectivity index (χ0v) is 19.3. The second-order valence-electron chi connectivity index (χ2n) is 6.82. The summed E-state index contributed by atoms with van der Waals surface area (Å²) < 4.78 is 5.62. The summed E-state index contributed by atoms with van der Waals surface area (Å²) in [6.45, 7) is 8.49. The van der Waals surface area contributed by atoms with Crippen LogP contribution in [0, 0.1) is 0 Å². The van der Waals surface area contributed by atoms with E-state index in [0.717, 1.165) is 56.7 Å². The number of hydrogen-bond donors (Lipinski definition) is 1. The molecule has 1 aliphatic rings. The van der Waals surface area contributed by atoms with Crippen LogP contribution in [0.15, 0.2) is 29.3 Å². The minimum absolute atomic E-state index is 0. The lowest BCUT2D eigenvalue weighted by molar-refractivity contribution is 0.0530. The van der Waals surface area contributed by atoms with E-state index in [4.69, 9.17) is 21.3 Å². The summed E-state index contributed by atoms with van der Waals surface area (Å²) in [5, 5.41) is 4.26. The van der Waals surface area contributed by atoms with E-state index in [-0.39, 0.29) is 29.4 Å². The van der Waals surface area contributed by atoms with Crippen LogP contribution in [0.2, 0.25) is 5.02 Å². The fraction of sp³-hybridized carbons (Fsp3) is 0.650. The zero-order chi connectivity index (χ0) is 18.1. The summed E-state index contributed by atoms with van der Waals surface area (Å²) in [6.07, 6.45) is 4.27. The molecule has 1 fully saturated rings. The Morgan fingerprint density at radius 2 is 1.96 bits per heavy atom. The largest absolute Gasteiger partial charge is 0.381 e. The SMILES string of the molecule is CCCCN(C)C(=NCC1(c2ccccc2Cl)CCOCC1)NCC.I. The van der Waals surface area contributed by atoms with Crippen molar-refractivity contribution < 1.29 is 4.74 Å². The predicted molar refractivity (Wildman–Crippen MR) is 122 cm³/mol. The lowest BCUT2D eigenvalue weighted by Gasteiger charge is -2.37. The molecule has 0 saturated carbocycles. The van der Waals surface area contributed by atoms with Crippen LogP contribution in [-0.4, -0.2) is 50.8 Å². The summed E-state index contributed by atoms with van der Waals surface area (Å²) in [6, 6.07) is 8.19. The third-order valence-electron chi connectivity index (χ3n) is 4.97. The summed E-state index contributed by atoms with van der Waals surface area (Å²) in [7, 11) is 2.11. The van der Waals surface area contributed by atoms with Crippen LogP contribution in [0.5, 0.6) is 0 Å². The molecule has 2 rings (SSSR count). The molecule has 4 nitrogen and oxygen atoms in total. The summed E-state index contributed by atoms with van der Waals surface area (Å²) >= 11 is 6.54. The average Bonchev–Trinajstić information content (AvgIpc) is 2.64. The van der Waals surface area contributed by atoms with Crippen LogP contribution in [0.4, 0.5) is 0 Å². The van der Waals surface area contributed by atoms with Gasteiger partial charge in [0.15, 0.2) is 5.96 Å². The van der Waals surface area contributed by atoms with Crippen LogP contribution < -0.4 is 5.32 Å². The number of rotatable bonds is 7. The van der Waals surface area contributed by atoms with Gasteiger partial charge in [-0.15, -0.1) is 24.0 Å². The summed E-state index contributed by atoms with van der Waals surface area (Å²) in [4.78, 5) is 7.23. The molecule has 26 heavy (non-hydrogen) atoms. The van der Waals surface area contributed by atoms with E-state index < -0.39 is 0 Å². The fourth-order valence-electron chi connectivity index (χ4n) is 3.36. The second kappa shape index (κ2) is 12.0. The van der Waals surface area contributed by atoms with Crippen LogP contribution >= 0.6 is 35.6 Å². The van der Waals surface area contributed by atoms with Gasteiger partial charge in [-0.05, 0) is 37.8 Å². The van der Waals surface area contributed by atoms with Crippen LogP contribution in [0.3, 0.4) is 0 Å². The molecule has 0 atom stereocenters. The number of ether oxygens (including phenoxy) is 1. The van der Waals surface area contributed by atoms with E-state index in [1.807, 2.05) is 12.1 Å². The molecule has 0 spiro atoms. The highest BCUT2D eigenvalue weighted by molar-refractivity contribution is 14.0. The van der Waals surface area contributed by atoms with E-state index in [1.54, 1.807) is 0 Å². The van der Waals surface area contributed by atoms with Crippen molar-refractivity contribution in [1.29, 1.82) is 0 Å². The fourth-order valence-corrected chi connectivity index (χ4v) is 3.70. The van der Waals surface area contributed by atoms with Gasteiger partial charge in [-0.2, -0.15) is 0 Å².